The highest BCUT2D eigenvalue weighted by molar-refractivity contribution is 7.99. The van der Waals surface area contributed by atoms with Gasteiger partial charge in [0, 0.05) is 17.4 Å². The molecule has 2 rings (SSSR count). The fourth-order valence-electron chi connectivity index (χ4n) is 2.56. The molecule has 0 spiro atoms. The lowest BCUT2D eigenvalue weighted by Gasteiger charge is -2.27. The van der Waals surface area contributed by atoms with Gasteiger partial charge in [-0.25, -0.2) is 13.1 Å². The molecule has 7 heteroatoms. The number of nitrogen functional groups attached to an aromatic ring is 1. The number of nitrogens with one attached hydrogen (secondary N) is 1. The lowest BCUT2D eigenvalue weighted by atomic mass is 9.96. The number of rotatable bonds is 5. The van der Waals surface area contributed by atoms with E-state index in [0.717, 1.165) is 25.7 Å². The molecule has 0 heterocycles. The van der Waals surface area contributed by atoms with Crippen LogP contribution in [0.25, 0.3) is 0 Å². The van der Waals surface area contributed by atoms with E-state index in [1.54, 1.807) is 6.07 Å². The van der Waals surface area contributed by atoms with E-state index in [9.17, 15) is 8.42 Å². The fraction of sp³-hybridized carbons (Fsp3) is 0.571. The molecule has 0 aromatic heterocycles. The normalized spacial score (nSPS) is 23.0. The van der Waals surface area contributed by atoms with Crippen LogP contribution in [-0.2, 0) is 10.0 Å². The molecule has 0 aliphatic heterocycles. The largest absolute Gasteiger partial charge is 0.495 e. The molecule has 5 nitrogen and oxygen atoms in total. The number of ether oxygens (including phenoxy) is 1. The number of anilines is 1. The maximum Gasteiger partial charge on any atom is 0.240 e. The van der Waals surface area contributed by atoms with Gasteiger partial charge in [0.05, 0.1) is 17.7 Å². The van der Waals surface area contributed by atoms with Crippen molar-refractivity contribution in [1.82, 2.24) is 4.72 Å². The summed E-state index contributed by atoms with van der Waals surface area (Å²) in [4.78, 5) is 0.195. The van der Waals surface area contributed by atoms with E-state index in [2.05, 4.69) is 11.0 Å². The van der Waals surface area contributed by atoms with Gasteiger partial charge in [-0.05, 0) is 44.1 Å². The monoisotopic (exact) mass is 330 g/mol. The summed E-state index contributed by atoms with van der Waals surface area (Å²) in [5.74, 6) is 0.379. The number of thioether (sulfide) groups is 1. The molecule has 21 heavy (non-hydrogen) atoms. The van der Waals surface area contributed by atoms with Gasteiger partial charge in [-0.3, -0.25) is 0 Å². The third kappa shape index (κ3) is 4.05. The quantitative estimate of drug-likeness (QED) is 0.809. The lowest BCUT2D eigenvalue weighted by molar-refractivity contribution is 0.413. The van der Waals surface area contributed by atoms with Crippen LogP contribution in [0.1, 0.15) is 25.7 Å². The summed E-state index contributed by atoms with van der Waals surface area (Å²) >= 11 is 1.86. The van der Waals surface area contributed by atoms with Gasteiger partial charge in [-0.2, -0.15) is 11.8 Å². The Hall–Kier alpha value is -0.920. The summed E-state index contributed by atoms with van der Waals surface area (Å²) in [5, 5.41) is 0.655. The molecule has 0 radical (unpaired) electrons. The zero-order valence-corrected chi connectivity index (χ0v) is 14.0. The molecule has 1 fully saturated rings. The van der Waals surface area contributed by atoms with E-state index in [-0.39, 0.29) is 10.9 Å². The average molecular weight is 330 g/mol. The van der Waals surface area contributed by atoms with Crippen molar-refractivity contribution in [2.75, 3.05) is 19.1 Å². The predicted octanol–water partition coefficient (Wildman–Crippen LogP) is 2.23. The SMILES string of the molecule is COc1cc(S(=O)(=O)NC2CCC(SC)CC2)ccc1N. The maximum atomic E-state index is 12.4. The molecule has 0 atom stereocenters. The van der Waals surface area contributed by atoms with Crippen molar-refractivity contribution in [3.8, 4) is 5.75 Å². The van der Waals surface area contributed by atoms with Crippen molar-refractivity contribution in [2.45, 2.75) is 41.9 Å². The van der Waals surface area contributed by atoms with Crippen LogP contribution in [0.4, 0.5) is 5.69 Å². The molecule has 0 saturated heterocycles. The van der Waals surface area contributed by atoms with Crippen molar-refractivity contribution in [1.29, 1.82) is 0 Å². The number of benzene rings is 1. The lowest BCUT2D eigenvalue weighted by Crippen LogP contribution is -2.38. The van der Waals surface area contributed by atoms with Crippen LogP contribution in [0.5, 0.6) is 5.75 Å². The van der Waals surface area contributed by atoms with Crippen molar-refractivity contribution in [3.63, 3.8) is 0 Å². The summed E-state index contributed by atoms with van der Waals surface area (Å²) in [6.07, 6.45) is 5.99. The smallest absolute Gasteiger partial charge is 0.240 e. The van der Waals surface area contributed by atoms with E-state index in [4.69, 9.17) is 10.5 Å². The van der Waals surface area contributed by atoms with Gasteiger partial charge in [0.2, 0.25) is 10.0 Å². The molecule has 1 aromatic rings. The summed E-state index contributed by atoms with van der Waals surface area (Å²) in [7, 11) is -2.05. The van der Waals surface area contributed by atoms with Crippen molar-refractivity contribution < 1.29 is 13.2 Å². The van der Waals surface area contributed by atoms with E-state index in [1.807, 2.05) is 11.8 Å². The van der Waals surface area contributed by atoms with Gasteiger partial charge >= 0.3 is 0 Å². The first kappa shape index (κ1) is 16.5. The highest BCUT2D eigenvalue weighted by Gasteiger charge is 2.25. The second-order valence-corrected chi connectivity index (χ2v) is 8.09. The Morgan fingerprint density at radius 2 is 1.95 bits per heavy atom. The molecular weight excluding hydrogens is 308 g/mol. The van der Waals surface area contributed by atoms with Crippen LogP contribution in [-0.4, -0.2) is 33.1 Å². The number of hydrogen-bond acceptors (Lipinski definition) is 5. The third-order valence-electron chi connectivity index (χ3n) is 3.84. The molecule has 3 N–H and O–H groups in total. The Morgan fingerprint density at radius 1 is 1.29 bits per heavy atom. The summed E-state index contributed by atoms with van der Waals surface area (Å²) in [5.41, 5.74) is 6.14. The van der Waals surface area contributed by atoms with E-state index < -0.39 is 10.0 Å². The Balaban J connectivity index is 2.08. The maximum absolute atomic E-state index is 12.4. The first-order chi connectivity index (χ1) is 9.96. The third-order valence-corrected chi connectivity index (χ3v) is 6.50. The second-order valence-electron chi connectivity index (χ2n) is 5.23. The minimum absolute atomic E-state index is 0.0157. The minimum atomic E-state index is -3.53. The molecule has 1 aromatic carbocycles. The topological polar surface area (TPSA) is 81.4 Å². The molecule has 0 amide bonds. The van der Waals surface area contributed by atoms with Crippen LogP contribution < -0.4 is 15.2 Å². The highest BCUT2D eigenvalue weighted by atomic mass is 32.2. The summed E-state index contributed by atoms with van der Waals surface area (Å²) < 4.78 is 32.7. The fourth-order valence-corrected chi connectivity index (χ4v) is 4.63. The number of methoxy groups -OCH3 is 1. The Kier molecular flexibility index (Phi) is 5.40. The second kappa shape index (κ2) is 6.89. The highest BCUT2D eigenvalue weighted by Crippen LogP contribution is 2.29. The number of sulfonamides is 1. The van der Waals surface area contributed by atoms with Crippen molar-refractivity contribution in [3.05, 3.63) is 18.2 Å². The Labute approximate surface area is 130 Å². The van der Waals surface area contributed by atoms with E-state index in [1.165, 1.54) is 19.2 Å². The molecule has 1 saturated carbocycles. The van der Waals surface area contributed by atoms with Crippen LogP contribution in [0.3, 0.4) is 0 Å². The van der Waals surface area contributed by atoms with Gasteiger partial charge in [-0.1, -0.05) is 0 Å². The molecule has 0 bridgehead atoms. The van der Waals surface area contributed by atoms with Gasteiger partial charge in [0.1, 0.15) is 5.75 Å². The first-order valence-electron chi connectivity index (χ1n) is 6.95. The van der Waals surface area contributed by atoms with Gasteiger partial charge < -0.3 is 10.5 Å². The van der Waals surface area contributed by atoms with Crippen LogP contribution in [0.2, 0.25) is 0 Å². The van der Waals surface area contributed by atoms with Crippen LogP contribution in [0.15, 0.2) is 23.1 Å². The van der Waals surface area contributed by atoms with E-state index >= 15 is 0 Å². The molecule has 0 unspecified atom stereocenters. The van der Waals surface area contributed by atoms with Crippen LogP contribution in [0, 0.1) is 0 Å². The molecular formula is C14H22N2O3S2. The van der Waals surface area contributed by atoms with Crippen molar-refractivity contribution in [2.24, 2.45) is 0 Å². The van der Waals surface area contributed by atoms with Gasteiger partial charge in [-0.15, -0.1) is 0 Å². The zero-order chi connectivity index (χ0) is 15.5. The average Bonchev–Trinajstić information content (AvgIpc) is 2.48. The molecule has 1 aliphatic carbocycles. The molecule has 1 aliphatic rings. The Morgan fingerprint density at radius 3 is 2.52 bits per heavy atom. The standard InChI is InChI=1S/C14H22N2O3S2/c1-19-14-9-12(7-8-13(14)15)21(17,18)16-10-3-5-11(20-2)6-4-10/h7-11,16H,3-6,15H2,1-2H3. The summed E-state index contributed by atoms with van der Waals surface area (Å²) in [6.45, 7) is 0. The first-order valence-corrected chi connectivity index (χ1v) is 9.72. The number of nitrogens with two attached hydrogens (primary N) is 1. The summed E-state index contributed by atoms with van der Waals surface area (Å²) in [6, 6.07) is 4.54. The van der Waals surface area contributed by atoms with Crippen molar-refractivity contribution >= 4 is 27.5 Å². The number of hydrogen-bond donors (Lipinski definition) is 2. The zero-order valence-electron chi connectivity index (χ0n) is 12.3. The Bertz CT molecular complexity index is 582. The van der Waals surface area contributed by atoms with Gasteiger partial charge in [0.15, 0.2) is 0 Å². The molecule has 118 valence electrons. The van der Waals surface area contributed by atoms with E-state index in [0.29, 0.717) is 16.7 Å². The minimum Gasteiger partial charge on any atom is -0.495 e. The van der Waals surface area contributed by atoms with Gasteiger partial charge in [0.25, 0.3) is 0 Å². The van der Waals surface area contributed by atoms with Crippen LogP contribution >= 0.6 is 11.8 Å². The predicted molar refractivity (Wildman–Crippen MR) is 87.3 cm³/mol.